The van der Waals surface area contributed by atoms with Crippen molar-refractivity contribution < 1.29 is 5.11 Å². The van der Waals surface area contributed by atoms with Crippen LogP contribution in [-0.2, 0) is 6.42 Å². The number of allylic oxidation sites excluding steroid dienone is 6. The van der Waals surface area contributed by atoms with E-state index in [1.54, 1.807) is 30.1 Å². The summed E-state index contributed by atoms with van der Waals surface area (Å²) in [4.78, 5) is 13.4. The second-order valence-electron chi connectivity index (χ2n) is 5.40. The molecule has 2 aromatic rings. The predicted octanol–water partition coefficient (Wildman–Crippen LogP) is 5.19. The van der Waals surface area contributed by atoms with Crippen LogP contribution in [0, 0.1) is 0 Å². The van der Waals surface area contributed by atoms with Crippen molar-refractivity contribution in [2.75, 3.05) is 6.26 Å². The van der Waals surface area contributed by atoms with E-state index < -0.39 is 0 Å². The van der Waals surface area contributed by atoms with Gasteiger partial charge in [-0.25, -0.2) is 9.97 Å². The average molecular weight is 341 g/mol. The molecule has 0 unspecified atom stereocenters. The first-order valence-electron chi connectivity index (χ1n) is 7.84. The highest BCUT2D eigenvalue weighted by atomic mass is 32.2. The van der Waals surface area contributed by atoms with E-state index in [1.165, 1.54) is 10.5 Å². The van der Waals surface area contributed by atoms with Gasteiger partial charge in [-0.3, -0.25) is 0 Å². The third kappa shape index (κ3) is 4.61. The number of fused-ring (bicyclic) bond motifs is 1. The van der Waals surface area contributed by atoms with E-state index in [-0.39, 0.29) is 5.76 Å². The second-order valence-corrected chi connectivity index (χ2v) is 6.46. The van der Waals surface area contributed by atoms with Crippen LogP contribution in [0.5, 0.6) is 0 Å². The molecule has 0 saturated carbocycles. The molecule has 0 bridgehead atoms. The van der Waals surface area contributed by atoms with Crippen LogP contribution in [0.4, 0.5) is 0 Å². The number of aromatic amines is 1. The third-order valence-electron chi connectivity index (χ3n) is 3.68. The molecule has 0 aromatic carbocycles. The van der Waals surface area contributed by atoms with Crippen LogP contribution in [0.1, 0.15) is 31.7 Å². The van der Waals surface area contributed by atoms with E-state index in [4.69, 9.17) is 0 Å². The lowest BCUT2D eigenvalue weighted by Crippen LogP contribution is -1.92. The Balaban J connectivity index is 2.27. The van der Waals surface area contributed by atoms with Crippen molar-refractivity contribution in [2.45, 2.75) is 26.7 Å². The molecule has 2 N–H and O–H groups in total. The molecule has 24 heavy (non-hydrogen) atoms. The molecular weight excluding hydrogens is 318 g/mol. The molecular formula is C19H23N3OS. The number of imidazole rings is 1. The zero-order chi connectivity index (χ0) is 17.5. The summed E-state index contributed by atoms with van der Waals surface area (Å²) in [6, 6.07) is 1.85. The van der Waals surface area contributed by atoms with Crippen LogP contribution >= 0.6 is 11.8 Å². The zero-order valence-corrected chi connectivity index (χ0v) is 15.2. The van der Waals surface area contributed by atoms with Gasteiger partial charge in [0.1, 0.15) is 11.6 Å². The SMILES string of the molecule is C=C/C=C(\O)c1cnc2nc(C/C(=C/C=C(\C)SC)CC)[nH]c2c1. The van der Waals surface area contributed by atoms with Crippen LogP contribution in [0.3, 0.4) is 0 Å². The second kappa shape index (κ2) is 8.55. The molecule has 0 saturated heterocycles. The zero-order valence-electron chi connectivity index (χ0n) is 14.3. The molecule has 0 aliphatic rings. The van der Waals surface area contributed by atoms with Crippen LogP contribution in [0.2, 0.25) is 0 Å². The minimum atomic E-state index is 0.141. The summed E-state index contributed by atoms with van der Waals surface area (Å²) in [6.45, 7) is 7.83. The first kappa shape index (κ1) is 18.1. The lowest BCUT2D eigenvalue weighted by Gasteiger charge is -2.01. The number of aromatic nitrogens is 3. The molecule has 0 spiro atoms. The highest BCUT2D eigenvalue weighted by molar-refractivity contribution is 8.02. The van der Waals surface area contributed by atoms with Crippen molar-refractivity contribution in [2.24, 2.45) is 0 Å². The number of hydrogen-bond donors (Lipinski definition) is 2. The van der Waals surface area contributed by atoms with Gasteiger partial charge in [0.15, 0.2) is 5.65 Å². The van der Waals surface area contributed by atoms with Crippen molar-refractivity contribution in [1.82, 2.24) is 15.0 Å². The van der Waals surface area contributed by atoms with Crippen molar-refractivity contribution in [3.8, 4) is 0 Å². The standard InChI is InChI=1S/C19H23N3OS/c1-5-7-17(23)15-11-16-19(20-12-15)22-18(21-16)10-14(6-2)9-8-13(3)24-4/h5,7-9,11-12,23H,1,6,10H2,2-4H3,(H,20,21,22)/b13-8+,14-9+,17-7-. The van der Waals surface area contributed by atoms with Gasteiger partial charge in [0.25, 0.3) is 0 Å². The average Bonchev–Trinajstić information content (AvgIpc) is 2.99. The Kier molecular flexibility index (Phi) is 6.44. The Morgan fingerprint density at radius 3 is 2.83 bits per heavy atom. The molecule has 0 atom stereocenters. The lowest BCUT2D eigenvalue weighted by molar-refractivity contribution is 0.511. The molecule has 0 aliphatic carbocycles. The lowest BCUT2D eigenvalue weighted by atomic mass is 10.1. The molecule has 2 rings (SSSR count). The number of aliphatic hydroxyl groups excluding tert-OH is 1. The van der Waals surface area contributed by atoms with Crippen molar-refractivity contribution in [3.05, 3.63) is 65.0 Å². The van der Waals surface area contributed by atoms with Crippen LogP contribution in [0.15, 0.2) is 53.6 Å². The summed E-state index contributed by atoms with van der Waals surface area (Å²) in [5.41, 5.74) is 3.42. The van der Waals surface area contributed by atoms with E-state index in [0.717, 1.165) is 24.2 Å². The van der Waals surface area contributed by atoms with Crippen molar-refractivity contribution >= 4 is 28.7 Å². The van der Waals surface area contributed by atoms with E-state index >= 15 is 0 Å². The molecule has 0 aliphatic heterocycles. The van der Waals surface area contributed by atoms with Gasteiger partial charge >= 0.3 is 0 Å². The molecule has 2 aromatic heterocycles. The van der Waals surface area contributed by atoms with E-state index in [1.807, 2.05) is 6.07 Å². The highest BCUT2D eigenvalue weighted by Gasteiger charge is 2.08. The third-order valence-corrected chi connectivity index (χ3v) is 4.46. The van der Waals surface area contributed by atoms with Crippen molar-refractivity contribution in [1.29, 1.82) is 0 Å². The van der Waals surface area contributed by atoms with Gasteiger partial charge in [-0.1, -0.05) is 37.3 Å². The molecule has 0 radical (unpaired) electrons. The number of H-pyrrole nitrogens is 1. The summed E-state index contributed by atoms with van der Waals surface area (Å²) in [5, 5.41) is 9.91. The maximum atomic E-state index is 9.91. The summed E-state index contributed by atoms with van der Waals surface area (Å²) in [5.74, 6) is 1.02. The number of thioether (sulfide) groups is 1. The summed E-state index contributed by atoms with van der Waals surface area (Å²) < 4.78 is 0. The first-order chi connectivity index (χ1) is 11.6. The summed E-state index contributed by atoms with van der Waals surface area (Å²) >= 11 is 1.74. The monoisotopic (exact) mass is 341 g/mol. The van der Waals surface area contributed by atoms with Gasteiger partial charge in [0, 0.05) is 18.2 Å². The van der Waals surface area contributed by atoms with E-state index in [0.29, 0.717) is 11.2 Å². The maximum Gasteiger partial charge on any atom is 0.177 e. The molecule has 4 nitrogen and oxygen atoms in total. The van der Waals surface area contributed by atoms with Crippen LogP contribution in [-0.4, -0.2) is 26.3 Å². The van der Waals surface area contributed by atoms with Crippen LogP contribution < -0.4 is 0 Å². The quantitative estimate of drug-likeness (QED) is 0.537. The van der Waals surface area contributed by atoms with Crippen molar-refractivity contribution in [3.63, 3.8) is 0 Å². The van der Waals surface area contributed by atoms with Gasteiger partial charge in [-0.15, -0.1) is 11.8 Å². The minimum Gasteiger partial charge on any atom is -0.507 e. The molecule has 2 heterocycles. The first-order valence-corrected chi connectivity index (χ1v) is 9.06. The molecule has 0 amide bonds. The Hall–Kier alpha value is -2.27. The highest BCUT2D eigenvalue weighted by Crippen LogP contribution is 2.18. The largest absolute Gasteiger partial charge is 0.507 e. The maximum absolute atomic E-state index is 9.91. The van der Waals surface area contributed by atoms with E-state index in [9.17, 15) is 5.11 Å². The minimum absolute atomic E-state index is 0.141. The molecule has 126 valence electrons. The molecule has 0 fully saturated rings. The Morgan fingerprint density at radius 1 is 1.38 bits per heavy atom. The number of hydrogen-bond acceptors (Lipinski definition) is 4. The fourth-order valence-electron chi connectivity index (χ4n) is 2.20. The van der Waals surface area contributed by atoms with Gasteiger partial charge in [0.05, 0.1) is 5.52 Å². The van der Waals surface area contributed by atoms with E-state index in [2.05, 4.69) is 53.8 Å². The normalized spacial score (nSPS) is 13.5. The number of aliphatic hydroxyl groups is 1. The smallest absolute Gasteiger partial charge is 0.177 e. The summed E-state index contributed by atoms with van der Waals surface area (Å²) in [7, 11) is 0. The topological polar surface area (TPSA) is 61.8 Å². The Bertz CT molecular complexity index is 815. The van der Waals surface area contributed by atoms with Crippen LogP contribution in [0.25, 0.3) is 16.9 Å². The van der Waals surface area contributed by atoms with Gasteiger partial charge in [0.2, 0.25) is 0 Å². The van der Waals surface area contributed by atoms with Gasteiger partial charge < -0.3 is 10.1 Å². The number of nitrogens with one attached hydrogen (secondary N) is 1. The fraction of sp³-hybridized carbons (Fsp3) is 0.263. The van der Waals surface area contributed by atoms with Gasteiger partial charge in [-0.2, -0.15) is 0 Å². The summed E-state index contributed by atoms with van der Waals surface area (Å²) in [6.07, 6.45) is 12.8. The fourth-order valence-corrected chi connectivity index (χ4v) is 2.41. The Labute approximate surface area is 147 Å². The molecule has 5 heteroatoms. The number of pyridine rings is 1. The number of rotatable bonds is 7. The Morgan fingerprint density at radius 2 is 2.17 bits per heavy atom. The number of nitrogens with zero attached hydrogens (tertiary/aromatic N) is 2. The van der Waals surface area contributed by atoms with Gasteiger partial charge in [-0.05, 0) is 36.6 Å². The predicted molar refractivity (Wildman–Crippen MR) is 104 cm³/mol.